The van der Waals surface area contributed by atoms with Crippen LogP contribution in [-0.4, -0.2) is 0 Å². The molecule has 0 bridgehead atoms. The molecule has 9 aromatic carbocycles. The lowest BCUT2D eigenvalue weighted by Crippen LogP contribution is -2.14. The molecule has 286 valence electrons. The molecule has 0 aliphatic heterocycles. The number of allylic oxidation sites excluding steroid dienone is 3. The van der Waals surface area contributed by atoms with Crippen LogP contribution in [0.2, 0.25) is 0 Å². The highest BCUT2D eigenvalue weighted by Crippen LogP contribution is 2.43. The number of furan rings is 1. The van der Waals surface area contributed by atoms with Gasteiger partial charge in [0.1, 0.15) is 11.2 Å². The van der Waals surface area contributed by atoms with Crippen molar-refractivity contribution in [3.05, 3.63) is 247 Å². The molecule has 0 aliphatic carbocycles. The number of aryl methyl sites for hydroxylation is 1. The lowest BCUT2D eigenvalue weighted by Gasteiger charge is -2.27. The van der Waals surface area contributed by atoms with Crippen LogP contribution in [0.3, 0.4) is 0 Å². The fraction of sp³-hybridized carbons (Fsp3) is 0.0345. The zero-order valence-corrected chi connectivity index (χ0v) is 33.7. The Kier molecular flexibility index (Phi) is 9.73. The largest absolute Gasteiger partial charge is 0.455 e. The fourth-order valence-corrected chi connectivity index (χ4v) is 8.63. The summed E-state index contributed by atoms with van der Waals surface area (Å²) < 4.78 is 6.59. The lowest BCUT2D eigenvalue weighted by atomic mass is 9.90. The van der Waals surface area contributed by atoms with Crippen molar-refractivity contribution in [3.63, 3.8) is 0 Å². The summed E-state index contributed by atoms with van der Waals surface area (Å²) in [5.41, 5.74) is 16.8. The second-order valence-corrected chi connectivity index (χ2v) is 15.4. The van der Waals surface area contributed by atoms with E-state index in [9.17, 15) is 0 Å². The maximum Gasteiger partial charge on any atom is 0.143 e. The topological polar surface area (TPSA) is 16.4 Å². The molecule has 0 fully saturated rings. The molecule has 0 unspecified atom stereocenters. The van der Waals surface area contributed by atoms with Gasteiger partial charge in [-0.2, -0.15) is 0 Å². The van der Waals surface area contributed by atoms with Crippen molar-refractivity contribution in [3.8, 4) is 33.4 Å². The molecular formula is C58H43NO. The molecule has 0 saturated carbocycles. The van der Waals surface area contributed by atoms with Gasteiger partial charge in [0.2, 0.25) is 0 Å². The number of rotatable bonds is 9. The van der Waals surface area contributed by atoms with Crippen molar-refractivity contribution >= 4 is 49.7 Å². The van der Waals surface area contributed by atoms with Crippen LogP contribution in [0, 0.1) is 6.92 Å². The van der Waals surface area contributed by atoms with E-state index in [1.54, 1.807) is 0 Å². The Balaban J connectivity index is 1.10. The summed E-state index contributed by atoms with van der Waals surface area (Å²) in [6.45, 7) is 4.39. The van der Waals surface area contributed by atoms with Gasteiger partial charge in [0.15, 0.2) is 0 Å². The van der Waals surface area contributed by atoms with Gasteiger partial charge in [-0.1, -0.05) is 188 Å². The molecule has 0 saturated heterocycles. The van der Waals surface area contributed by atoms with Crippen LogP contribution in [0.25, 0.3) is 71.7 Å². The standard InChI is InChI=1S/C58H43NO/c1-40-17-9-11-24-48(40)49(43-18-5-3-6-19-43)37-31-41(2)59(56-29-15-23-45-22-10-12-25-51(45)56)47-35-32-42(33-36-47)46-34-38-50(44-20-7-4-8-21-44)55(39-46)54-28-16-27-53-52-26-13-14-30-57(52)60-58(53)54/h3-39H,1-2H3/b41-31+,49-37-. The van der Waals surface area contributed by atoms with Crippen LogP contribution in [0.5, 0.6) is 0 Å². The number of para-hydroxylation sites is 2. The Labute approximate surface area is 351 Å². The smallest absolute Gasteiger partial charge is 0.143 e. The number of nitrogens with zero attached hydrogens (tertiary/aromatic N) is 1. The van der Waals surface area contributed by atoms with E-state index >= 15 is 0 Å². The van der Waals surface area contributed by atoms with Crippen LogP contribution in [0.1, 0.15) is 23.6 Å². The minimum absolute atomic E-state index is 0.898. The number of benzene rings is 9. The Bertz CT molecular complexity index is 3200. The van der Waals surface area contributed by atoms with Crippen molar-refractivity contribution in [2.45, 2.75) is 13.8 Å². The molecule has 0 atom stereocenters. The Morgan fingerprint density at radius 3 is 1.93 bits per heavy atom. The zero-order valence-electron chi connectivity index (χ0n) is 33.7. The van der Waals surface area contributed by atoms with Crippen LogP contribution < -0.4 is 4.90 Å². The van der Waals surface area contributed by atoms with E-state index in [-0.39, 0.29) is 0 Å². The molecule has 0 N–H and O–H groups in total. The van der Waals surface area contributed by atoms with Crippen molar-refractivity contribution < 1.29 is 4.42 Å². The summed E-state index contributed by atoms with van der Waals surface area (Å²) in [5, 5.41) is 4.65. The summed E-state index contributed by atoms with van der Waals surface area (Å²) in [6, 6.07) is 75.8. The minimum Gasteiger partial charge on any atom is -0.455 e. The van der Waals surface area contributed by atoms with Crippen LogP contribution in [0.15, 0.2) is 235 Å². The lowest BCUT2D eigenvalue weighted by molar-refractivity contribution is 0.670. The van der Waals surface area contributed by atoms with Gasteiger partial charge in [-0.05, 0) is 106 Å². The average Bonchev–Trinajstić information content (AvgIpc) is 3.70. The molecule has 1 heterocycles. The third kappa shape index (κ3) is 6.89. The van der Waals surface area contributed by atoms with E-state index in [0.717, 1.165) is 61.3 Å². The maximum absolute atomic E-state index is 6.59. The SMILES string of the molecule is C/C(=C\C=C(\c1ccccc1)c1ccccc1C)N(c1ccc(-c2ccc(-c3ccccc3)c(-c3cccc4c3oc3ccccc34)c2)cc1)c1cccc2ccccc12. The van der Waals surface area contributed by atoms with Crippen molar-refractivity contribution in [1.82, 2.24) is 0 Å². The third-order valence-corrected chi connectivity index (χ3v) is 11.6. The van der Waals surface area contributed by atoms with Crippen molar-refractivity contribution in [2.75, 3.05) is 4.90 Å². The van der Waals surface area contributed by atoms with Crippen LogP contribution in [0.4, 0.5) is 11.4 Å². The predicted molar refractivity (Wildman–Crippen MR) is 255 cm³/mol. The van der Waals surface area contributed by atoms with Gasteiger partial charge in [-0.15, -0.1) is 0 Å². The van der Waals surface area contributed by atoms with Gasteiger partial charge < -0.3 is 9.32 Å². The highest BCUT2D eigenvalue weighted by Gasteiger charge is 2.18. The molecule has 0 aliphatic rings. The summed E-state index contributed by atoms with van der Waals surface area (Å²) in [5.74, 6) is 0. The Morgan fingerprint density at radius 1 is 0.467 bits per heavy atom. The maximum atomic E-state index is 6.59. The highest BCUT2D eigenvalue weighted by molar-refractivity contribution is 6.11. The number of hydrogen-bond acceptors (Lipinski definition) is 2. The van der Waals surface area contributed by atoms with Crippen molar-refractivity contribution in [2.24, 2.45) is 0 Å². The predicted octanol–water partition coefficient (Wildman–Crippen LogP) is 16.2. The first kappa shape index (κ1) is 36.6. The molecule has 0 spiro atoms. The van der Waals surface area contributed by atoms with E-state index in [1.807, 2.05) is 6.07 Å². The molecule has 10 rings (SSSR count). The second kappa shape index (κ2) is 15.9. The first-order valence-electron chi connectivity index (χ1n) is 20.6. The first-order chi connectivity index (χ1) is 29.6. The number of hydrogen-bond donors (Lipinski definition) is 0. The Hall–Kier alpha value is -7.68. The second-order valence-electron chi connectivity index (χ2n) is 15.4. The van der Waals surface area contributed by atoms with E-state index in [4.69, 9.17) is 4.42 Å². The summed E-state index contributed by atoms with van der Waals surface area (Å²) >= 11 is 0. The fourth-order valence-electron chi connectivity index (χ4n) is 8.63. The van der Waals surface area contributed by atoms with Gasteiger partial charge in [-0.25, -0.2) is 0 Å². The average molecular weight is 770 g/mol. The number of anilines is 2. The minimum atomic E-state index is 0.898. The van der Waals surface area contributed by atoms with E-state index in [0.29, 0.717) is 0 Å². The van der Waals surface area contributed by atoms with Crippen LogP contribution >= 0.6 is 0 Å². The van der Waals surface area contributed by atoms with E-state index < -0.39 is 0 Å². The molecule has 0 radical (unpaired) electrons. The normalized spacial score (nSPS) is 12.0. The van der Waals surface area contributed by atoms with Gasteiger partial charge in [-0.3, -0.25) is 0 Å². The first-order valence-corrected chi connectivity index (χ1v) is 20.6. The summed E-state index contributed by atoms with van der Waals surface area (Å²) in [4.78, 5) is 2.38. The molecule has 2 heteroatoms. The number of fused-ring (bicyclic) bond motifs is 4. The van der Waals surface area contributed by atoms with Gasteiger partial charge in [0.25, 0.3) is 0 Å². The molecule has 0 amide bonds. The van der Waals surface area contributed by atoms with Crippen molar-refractivity contribution in [1.29, 1.82) is 0 Å². The summed E-state index contributed by atoms with van der Waals surface area (Å²) in [7, 11) is 0. The molecule has 2 nitrogen and oxygen atoms in total. The van der Waals surface area contributed by atoms with Gasteiger partial charge >= 0.3 is 0 Å². The Morgan fingerprint density at radius 2 is 1.12 bits per heavy atom. The monoisotopic (exact) mass is 769 g/mol. The zero-order chi connectivity index (χ0) is 40.4. The molecule has 10 aromatic rings. The van der Waals surface area contributed by atoms with E-state index in [1.165, 1.54) is 44.2 Å². The quantitative estimate of drug-likeness (QED) is 0.136. The highest BCUT2D eigenvalue weighted by atomic mass is 16.3. The van der Waals surface area contributed by atoms with Gasteiger partial charge in [0, 0.05) is 33.1 Å². The molecule has 1 aromatic heterocycles. The van der Waals surface area contributed by atoms with Crippen LogP contribution in [-0.2, 0) is 0 Å². The third-order valence-electron chi connectivity index (χ3n) is 11.6. The summed E-state index contributed by atoms with van der Waals surface area (Å²) in [6.07, 6.45) is 4.54. The molecular weight excluding hydrogens is 727 g/mol. The van der Waals surface area contributed by atoms with E-state index in [2.05, 4.69) is 237 Å². The van der Waals surface area contributed by atoms with Gasteiger partial charge in [0.05, 0.1) is 5.69 Å². The molecule has 60 heavy (non-hydrogen) atoms.